The molecule has 6 heteroatoms. The van der Waals surface area contributed by atoms with Crippen molar-refractivity contribution in [3.8, 4) is 0 Å². The van der Waals surface area contributed by atoms with E-state index in [1.165, 1.54) is 5.56 Å². The fraction of sp³-hybridized carbons (Fsp3) is 0.300. The maximum atomic E-state index is 9.22. The Labute approximate surface area is 96.0 Å². The number of aromatic nitrogens is 1. The van der Waals surface area contributed by atoms with Gasteiger partial charge >= 0.3 is 0 Å². The molecule has 1 heterocycles. The van der Waals surface area contributed by atoms with Gasteiger partial charge in [0, 0.05) is 17.7 Å². The van der Waals surface area contributed by atoms with Crippen molar-refractivity contribution in [2.45, 2.75) is 6.92 Å². The number of rotatable bonds is 2. The Morgan fingerprint density at radius 1 is 1.50 bits per heavy atom. The molecule has 0 fully saturated rings. The van der Waals surface area contributed by atoms with Crippen molar-refractivity contribution in [2.75, 3.05) is 7.11 Å². The predicted molar refractivity (Wildman–Crippen MR) is 59.2 cm³/mol. The lowest BCUT2D eigenvalue weighted by Crippen LogP contribution is -2.31. The van der Waals surface area contributed by atoms with E-state index in [1.54, 1.807) is 0 Å². The monoisotopic (exact) mass is 245 g/mol. The van der Waals surface area contributed by atoms with E-state index in [0.29, 0.717) is 0 Å². The van der Waals surface area contributed by atoms with Gasteiger partial charge in [0.05, 0.1) is 7.11 Å². The van der Waals surface area contributed by atoms with E-state index in [9.17, 15) is 13.0 Å². The largest absolute Gasteiger partial charge is 0.726 e. The molecule has 5 nitrogen and oxygen atoms in total. The van der Waals surface area contributed by atoms with Crippen LogP contribution < -0.4 is 4.57 Å². The minimum Gasteiger partial charge on any atom is -0.726 e. The van der Waals surface area contributed by atoms with Crippen molar-refractivity contribution < 1.29 is 21.7 Å². The van der Waals surface area contributed by atoms with Crippen LogP contribution in [0.3, 0.4) is 0 Å². The Morgan fingerprint density at radius 3 is 2.31 bits per heavy atom. The lowest BCUT2D eigenvalue weighted by molar-refractivity contribution is -0.673. The molecule has 0 bridgehead atoms. The number of nitrogens with zero attached hydrogens (tertiary/aromatic N) is 1. The molecule has 0 N–H and O–H groups in total. The number of hydrogen-bond donors (Lipinski definition) is 0. The first-order valence-electron chi connectivity index (χ1n) is 4.40. The Morgan fingerprint density at radius 2 is 2.00 bits per heavy atom. The van der Waals surface area contributed by atoms with Crippen LogP contribution in [0.1, 0.15) is 11.3 Å². The molecule has 16 heavy (non-hydrogen) atoms. The molecular formula is C10H15NO4S. The molecule has 0 saturated carbocycles. The summed E-state index contributed by atoms with van der Waals surface area (Å²) in [5.74, 6) is 0. The second-order valence-corrected chi connectivity index (χ2v) is 4.17. The first kappa shape index (κ1) is 14.8. The zero-order chi connectivity index (χ0) is 12.8. The van der Waals surface area contributed by atoms with Gasteiger partial charge in [-0.15, -0.1) is 0 Å². The lowest BCUT2D eigenvalue weighted by atomic mass is 10.2. The summed E-state index contributed by atoms with van der Waals surface area (Å²) >= 11 is 0. The summed E-state index contributed by atoms with van der Waals surface area (Å²) in [4.78, 5) is 0. The fourth-order valence-corrected chi connectivity index (χ4v) is 0.969. The number of aryl methyl sites for hydroxylation is 2. The van der Waals surface area contributed by atoms with E-state index in [4.69, 9.17) is 0 Å². The Bertz CT molecular complexity index is 454. The average Bonchev–Trinajstić information content (AvgIpc) is 2.18. The van der Waals surface area contributed by atoms with E-state index in [0.717, 1.165) is 12.8 Å². The second-order valence-electron chi connectivity index (χ2n) is 3.02. The Kier molecular flexibility index (Phi) is 5.87. The molecule has 0 saturated heterocycles. The van der Waals surface area contributed by atoms with Crippen molar-refractivity contribution in [3.63, 3.8) is 0 Å². The number of hydrogen-bond acceptors (Lipinski definition) is 4. The molecule has 1 aromatic rings. The van der Waals surface area contributed by atoms with Crippen molar-refractivity contribution in [1.82, 2.24) is 0 Å². The summed E-state index contributed by atoms with van der Waals surface area (Å²) in [6.45, 7) is 5.78. The molecule has 0 radical (unpaired) electrons. The maximum absolute atomic E-state index is 9.22. The molecule has 90 valence electrons. The quantitative estimate of drug-likeness (QED) is 0.433. The predicted octanol–water partition coefficient (Wildman–Crippen LogP) is 0.556. The third-order valence-electron chi connectivity index (χ3n) is 1.73. The van der Waals surface area contributed by atoms with Crippen LogP contribution in [0.25, 0.3) is 6.08 Å². The summed E-state index contributed by atoms with van der Waals surface area (Å²) in [6, 6.07) is 4.14. The van der Waals surface area contributed by atoms with Crippen LogP contribution in [0.15, 0.2) is 24.9 Å². The highest BCUT2D eigenvalue weighted by Crippen LogP contribution is 1.95. The molecule has 1 aromatic heterocycles. The molecule has 0 spiro atoms. The van der Waals surface area contributed by atoms with Crippen molar-refractivity contribution in [2.24, 2.45) is 7.05 Å². The van der Waals surface area contributed by atoms with Gasteiger partial charge in [0.15, 0.2) is 6.20 Å². The van der Waals surface area contributed by atoms with Crippen LogP contribution in [0, 0.1) is 6.92 Å². The zero-order valence-electron chi connectivity index (χ0n) is 9.50. The molecule has 1 rings (SSSR count). The molecule has 0 amide bonds. The molecule has 0 aliphatic rings. The average molecular weight is 245 g/mol. The lowest BCUT2D eigenvalue weighted by Gasteiger charge is -1.98. The van der Waals surface area contributed by atoms with Gasteiger partial charge in [0.1, 0.15) is 7.05 Å². The smallest absolute Gasteiger partial charge is 0.217 e. The summed E-state index contributed by atoms with van der Waals surface area (Å²) in [7, 11) is -1.59. The zero-order valence-corrected chi connectivity index (χ0v) is 10.3. The van der Waals surface area contributed by atoms with Crippen LogP contribution in [0.5, 0.6) is 0 Å². The molecule has 0 aromatic carbocycles. The number of pyridine rings is 1. The van der Waals surface area contributed by atoms with Crippen LogP contribution in [-0.4, -0.2) is 20.1 Å². The summed E-state index contributed by atoms with van der Waals surface area (Å²) in [6.07, 6.45) is 3.93. The minimum absolute atomic E-state index is 0.808. The van der Waals surface area contributed by atoms with Gasteiger partial charge in [-0.3, -0.25) is 4.18 Å². The highest BCUT2D eigenvalue weighted by Gasteiger charge is 1.99. The van der Waals surface area contributed by atoms with Gasteiger partial charge in [-0.25, -0.2) is 13.0 Å². The highest BCUT2D eigenvalue weighted by atomic mass is 32.3. The van der Waals surface area contributed by atoms with E-state index in [-0.39, 0.29) is 0 Å². The summed E-state index contributed by atoms with van der Waals surface area (Å²) in [5.41, 5.74) is 2.42. The standard InChI is InChI=1S/C9H12N.CH4O4S/c1-4-9-6-5-8(2)7-10(9)3;1-5-6(2,3)4/h4-7H,1H2,2-3H3;1H3,(H,2,3,4)/q+1;/p-1. The van der Waals surface area contributed by atoms with Gasteiger partial charge < -0.3 is 4.55 Å². The van der Waals surface area contributed by atoms with Gasteiger partial charge in [0.2, 0.25) is 16.1 Å². The van der Waals surface area contributed by atoms with Crippen LogP contribution >= 0.6 is 0 Å². The summed E-state index contributed by atoms with van der Waals surface area (Å²) in [5, 5.41) is 0. The van der Waals surface area contributed by atoms with Crippen LogP contribution in [0.4, 0.5) is 0 Å². The third kappa shape index (κ3) is 6.28. The summed E-state index contributed by atoms with van der Waals surface area (Å²) < 4.78 is 33.1. The fourth-order valence-electron chi connectivity index (χ4n) is 0.969. The molecule has 0 aliphatic carbocycles. The molecule has 0 unspecified atom stereocenters. The van der Waals surface area contributed by atoms with Gasteiger partial charge in [-0.2, -0.15) is 0 Å². The minimum atomic E-state index is -4.41. The molecule has 0 aliphatic heterocycles. The van der Waals surface area contributed by atoms with Crippen LogP contribution in [0.2, 0.25) is 0 Å². The van der Waals surface area contributed by atoms with Gasteiger partial charge in [0.25, 0.3) is 0 Å². The Balaban J connectivity index is 0.000000325. The van der Waals surface area contributed by atoms with E-state index in [2.05, 4.69) is 40.6 Å². The molecule has 0 atom stereocenters. The Hall–Kier alpha value is -1.24. The van der Waals surface area contributed by atoms with Crippen molar-refractivity contribution in [1.29, 1.82) is 0 Å². The van der Waals surface area contributed by atoms with Crippen molar-refractivity contribution in [3.05, 3.63) is 36.2 Å². The van der Waals surface area contributed by atoms with E-state index >= 15 is 0 Å². The maximum Gasteiger partial charge on any atom is 0.217 e. The molecular weight excluding hydrogens is 230 g/mol. The third-order valence-corrected chi connectivity index (χ3v) is 2.14. The SMILES string of the molecule is C=Cc1ccc(C)c[n+]1C.COS(=O)(=O)[O-]. The van der Waals surface area contributed by atoms with E-state index in [1.807, 2.05) is 13.1 Å². The van der Waals surface area contributed by atoms with Crippen molar-refractivity contribution >= 4 is 16.5 Å². The first-order valence-corrected chi connectivity index (χ1v) is 5.73. The second kappa shape index (κ2) is 6.37. The highest BCUT2D eigenvalue weighted by molar-refractivity contribution is 7.80. The first-order chi connectivity index (χ1) is 7.30. The van der Waals surface area contributed by atoms with Crippen LogP contribution in [-0.2, 0) is 21.6 Å². The van der Waals surface area contributed by atoms with Gasteiger partial charge in [-0.1, -0.05) is 6.58 Å². The van der Waals surface area contributed by atoms with Gasteiger partial charge in [-0.05, 0) is 13.0 Å². The topological polar surface area (TPSA) is 70.3 Å². The van der Waals surface area contributed by atoms with E-state index < -0.39 is 10.4 Å². The normalized spacial score (nSPS) is 10.2.